The number of halogens is 1. The molecular weight excluding hydrogens is 596 g/mol. The van der Waals surface area contributed by atoms with Gasteiger partial charge in [-0.1, -0.05) is 117 Å². The number of rotatable bonds is 26. The molecule has 232 valence electrons. The Morgan fingerprint density at radius 3 is 1.44 bits per heavy atom. The van der Waals surface area contributed by atoms with Gasteiger partial charge in [0.15, 0.2) is 11.5 Å². The van der Waals surface area contributed by atoms with Gasteiger partial charge >= 0.3 is 0 Å². The van der Waals surface area contributed by atoms with Gasteiger partial charge in [-0.3, -0.25) is 4.79 Å². The average Bonchev–Trinajstić information content (AvgIpc) is 3.42. The van der Waals surface area contributed by atoms with E-state index in [1.807, 2.05) is 24.3 Å². The van der Waals surface area contributed by atoms with Gasteiger partial charge in [0.25, 0.3) is 0 Å². The summed E-state index contributed by atoms with van der Waals surface area (Å²) in [6.07, 6.45) is 21.6. The van der Waals surface area contributed by atoms with Gasteiger partial charge in [-0.15, -0.1) is 11.3 Å². The Morgan fingerprint density at radius 2 is 1.02 bits per heavy atom. The quantitative estimate of drug-likeness (QED) is 0.0750. The van der Waals surface area contributed by atoms with E-state index in [0.29, 0.717) is 47.5 Å². The van der Waals surface area contributed by atoms with Crippen LogP contribution in [-0.2, 0) is 0 Å². The van der Waals surface area contributed by atoms with E-state index >= 15 is 0 Å². The number of unbranched alkanes of at least 4 members (excludes halogenated alkanes) is 15. The number of hydrogen-bond acceptors (Lipinski definition) is 5. The molecule has 2 rings (SSSR count). The standard InChI is InChI=1S/C35H55BrO4S/c1-4-7-10-13-16-19-24-38-30-27-29(34(37)32-22-23-33(36)41-32)28-31(39-25-20-17-14-11-8-5-2)35(30)40-26-21-18-15-12-9-6-3/h22-23,27-28H,4-21,24-26H2,1-3H3. The summed E-state index contributed by atoms with van der Waals surface area (Å²) in [5.74, 6) is 1.89. The average molecular weight is 652 g/mol. The molecule has 0 fully saturated rings. The normalized spacial score (nSPS) is 11.1. The van der Waals surface area contributed by atoms with Crippen molar-refractivity contribution in [2.45, 2.75) is 136 Å². The third-order valence-corrected chi connectivity index (χ3v) is 8.96. The molecule has 0 bridgehead atoms. The summed E-state index contributed by atoms with van der Waals surface area (Å²) >= 11 is 4.94. The van der Waals surface area contributed by atoms with Gasteiger partial charge in [0.05, 0.1) is 28.5 Å². The SMILES string of the molecule is CCCCCCCCOc1cc(C(=O)c2ccc(Br)s2)cc(OCCCCCCCC)c1OCCCCCCCC. The summed E-state index contributed by atoms with van der Waals surface area (Å²) in [5, 5.41) is 0. The first-order valence-electron chi connectivity index (χ1n) is 16.5. The second kappa shape index (κ2) is 23.0. The Labute approximate surface area is 263 Å². The van der Waals surface area contributed by atoms with Crippen molar-refractivity contribution < 1.29 is 19.0 Å². The molecule has 0 aliphatic rings. The van der Waals surface area contributed by atoms with Crippen molar-refractivity contribution in [2.75, 3.05) is 19.8 Å². The highest BCUT2D eigenvalue weighted by Crippen LogP contribution is 2.40. The highest BCUT2D eigenvalue weighted by Gasteiger charge is 2.21. The van der Waals surface area contributed by atoms with E-state index in [2.05, 4.69) is 36.7 Å². The van der Waals surface area contributed by atoms with Gasteiger partial charge < -0.3 is 14.2 Å². The number of thiophene rings is 1. The molecule has 0 radical (unpaired) electrons. The molecule has 6 heteroatoms. The molecule has 0 aliphatic carbocycles. The largest absolute Gasteiger partial charge is 0.490 e. The summed E-state index contributed by atoms with van der Waals surface area (Å²) in [4.78, 5) is 14.1. The molecule has 1 heterocycles. The maximum Gasteiger partial charge on any atom is 0.203 e. The van der Waals surface area contributed by atoms with Crippen LogP contribution in [0.15, 0.2) is 28.1 Å². The number of ketones is 1. The van der Waals surface area contributed by atoms with E-state index in [4.69, 9.17) is 14.2 Å². The van der Waals surface area contributed by atoms with Crippen LogP contribution >= 0.6 is 27.3 Å². The number of ether oxygens (including phenoxy) is 3. The fourth-order valence-corrected chi connectivity index (χ4v) is 6.18. The van der Waals surface area contributed by atoms with E-state index in [1.165, 1.54) is 88.4 Å². The second-order valence-corrected chi connectivity index (χ2v) is 13.5. The van der Waals surface area contributed by atoms with Crippen molar-refractivity contribution in [3.63, 3.8) is 0 Å². The van der Waals surface area contributed by atoms with Crippen LogP contribution in [0.4, 0.5) is 0 Å². The fourth-order valence-electron chi connectivity index (χ4n) is 4.83. The molecule has 1 aromatic heterocycles. The zero-order valence-electron chi connectivity index (χ0n) is 26.1. The van der Waals surface area contributed by atoms with Gasteiger partial charge in [0.1, 0.15) is 0 Å². The third kappa shape index (κ3) is 15.0. The maximum atomic E-state index is 13.5. The lowest BCUT2D eigenvalue weighted by atomic mass is 10.1. The lowest BCUT2D eigenvalue weighted by Crippen LogP contribution is -2.09. The third-order valence-electron chi connectivity index (χ3n) is 7.34. The predicted octanol–water partition coefficient (Wildman–Crippen LogP) is 12.0. The van der Waals surface area contributed by atoms with Gasteiger partial charge in [-0.25, -0.2) is 0 Å². The van der Waals surface area contributed by atoms with Crippen molar-refractivity contribution in [3.8, 4) is 17.2 Å². The summed E-state index contributed by atoms with van der Waals surface area (Å²) in [7, 11) is 0. The lowest BCUT2D eigenvalue weighted by molar-refractivity contribution is 0.104. The van der Waals surface area contributed by atoms with Crippen LogP contribution < -0.4 is 14.2 Å². The molecule has 0 atom stereocenters. The highest BCUT2D eigenvalue weighted by atomic mass is 79.9. The summed E-state index contributed by atoms with van der Waals surface area (Å²) < 4.78 is 20.0. The van der Waals surface area contributed by atoms with Crippen LogP contribution in [0.3, 0.4) is 0 Å². The van der Waals surface area contributed by atoms with Crippen molar-refractivity contribution in [3.05, 3.63) is 38.5 Å². The Balaban J connectivity index is 2.18. The molecule has 0 saturated carbocycles. The Morgan fingerprint density at radius 1 is 0.610 bits per heavy atom. The maximum absolute atomic E-state index is 13.5. The van der Waals surface area contributed by atoms with Crippen LogP contribution in [0, 0.1) is 0 Å². The minimum absolute atomic E-state index is 0.0167. The Kier molecular flexibility index (Phi) is 20.0. The van der Waals surface area contributed by atoms with Crippen molar-refractivity contribution >= 4 is 33.0 Å². The molecule has 4 nitrogen and oxygen atoms in total. The minimum Gasteiger partial charge on any atom is -0.490 e. The highest BCUT2D eigenvalue weighted by molar-refractivity contribution is 9.11. The molecule has 0 spiro atoms. The zero-order valence-corrected chi connectivity index (χ0v) is 28.5. The molecule has 0 amide bonds. The molecule has 2 aromatic rings. The van der Waals surface area contributed by atoms with E-state index < -0.39 is 0 Å². The molecule has 0 saturated heterocycles. The number of carbonyl (C=O) groups is 1. The molecule has 1 aromatic carbocycles. The first-order valence-corrected chi connectivity index (χ1v) is 18.1. The van der Waals surface area contributed by atoms with Crippen LogP contribution in [0.25, 0.3) is 0 Å². The molecular formula is C35H55BrO4S. The van der Waals surface area contributed by atoms with Gasteiger partial charge in [0.2, 0.25) is 11.5 Å². The first kappa shape index (κ1) is 35.7. The number of carbonyl (C=O) groups excluding carboxylic acids is 1. The molecule has 0 unspecified atom stereocenters. The summed E-state index contributed by atoms with van der Waals surface area (Å²) in [6, 6.07) is 7.51. The second-order valence-electron chi connectivity index (χ2n) is 11.1. The zero-order chi connectivity index (χ0) is 29.5. The van der Waals surface area contributed by atoms with Crippen molar-refractivity contribution in [1.29, 1.82) is 0 Å². The monoisotopic (exact) mass is 650 g/mol. The molecule has 0 aliphatic heterocycles. The van der Waals surface area contributed by atoms with Crippen LogP contribution in [0.1, 0.15) is 152 Å². The van der Waals surface area contributed by atoms with Crippen molar-refractivity contribution in [2.24, 2.45) is 0 Å². The van der Waals surface area contributed by atoms with Crippen LogP contribution in [0.2, 0.25) is 0 Å². The van der Waals surface area contributed by atoms with Gasteiger partial charge in [-0.05, 0) is 59.5 Å². The van der Waals surface area contributed by atoms with E-state index in [0.717, 1.165) is 42.3 Å². The lowest BCUT2D eigenvalue weighted by Gasteiger charge is -2.19. The minimum atomic E-state index is -0.0167. The van der Waals surface area contributed by atoms with Gasteiger partial charge in [-0.2, -0.15) is 0 Å². The molecule has 41 heavy (non-hydrogen) atoms. The van der Waals surface area contributed by atoms with E-state index in [1.54, 1.807) is 0 Å². The van der Waals surface area contributed by atoms with Gasteiger partial charge in [0, 0.05) is 5.56 Å². The number of benzene rings is 1. The van der Waals surface area contributed by atoms with E-state index in [-0.39, 0.29) is 5.78 Å². The van der Waals surface area contributed by atoms with Crippen LogP contribution in [-0.4, -0.2) is 25.6 Å². The first-order chi connectivity index (χ1) is 20.1. The fraction of sp³-hybridized carbons (Fsp3) is 0.686. The predicted molar refractivity (Wildman–Crippen MR) is 179 cm³/mol. The Bertz CT molecular complexity index is 918. The van der Waals surface area contributed by atoms with Crippen molar-refractivity contribution in [1.82, 2.24) is 0 Å². The molecule has 0 N–H and O–H groups in total. The number of hydrogen-bond donors (Lipinski definition) is 0. The van der Waals surface area contributed by atoms with Crippen LogP contribution in [0.5, 0.6) is 17.2 Å². The topological polar surface area (TPSA) is 44.8 Å². The Hall–Kier alpha value is -1.53. The summed E-state index contributed by atoms with van der Waals surface area (Å²) in [6.45, 7) is 8.57. The van der Waals surface area contributed by atoms with E-state index in [9.17, 15) is 4.79 Å². The summed E-state index contributed by atoms with van der Waals surface area (Å²) in [5.41, 5.74) is 0.585. The smallest absolute Gasteiger partial charge is 0.203 e.